The van der Waals surface area contributed by atoms with Crippen molar-refractivity contribution in [1.29, 1.82) is 0 Å². The zero-order valence-corrected chi connectivity index (χ0v) is 17.4. The van der Waals surface area contributed by atoms with Crippen LogP contribution in [0.25, 0.3) is 0 Å². The Labute approximate surface area is 181 Å². The number of anilines is 1. The molecule has 0 saturated carbocycles. The van der Waals surface area contributed by atoms with Crippen LogP contribution in [0.3, 0.4) is 0 Å². The van der Waals surface area contributed by atoms with Crippen LogP contribution in [0.5, 0.6) is 0 Å². The molecule has 4 nitrogen and oxygen atoms in total. The Hall–Kier alpha value is -3.05. The van der Waals surface area contributed by atoms with Crippen molar-refractivity contribution in [2.75, 3.05) is 4.90 Å². The van der Waals surface area contributed by atoms with Crippen molar-refractivity contribution < 1.29 is 14.4 Å². The van der Waals surface area contributed by atoms with Gasteiger partial charge < -0.3 is 4.79 Å². The Morgan fingerprint density at radius 2 is 1.47 bits per heavy atom. The molecule has 2 amide bonds. The minimum Gasteiger partial charge on any atom is -0.302 e. The van der Waals surface area contributed by atoms with E-state index in [1.807, 2.05) is 54.6 Å². The summed E-state index contributed by atoms with van der Waals surface area (Å²) in [6, 6.07) is 22.7. The Morgan fingerprint density at radius 1 is 0.833 bits per heavy atom. The maximum Gasteiger partial charge on any atom is 0.239 e. The molecule has 1 saturated heterocycles. The molecule has 4 aliphatic rings. The van der Waals surface area contributed by atoms with Gasteiger partial charge in [0.25, 0.3) is 0 Å². The first-order chi connectivity index (χ1) is 14.6. The number of carbonyl (C=O) groups excluding carboxylic acids is 3. The number of amides is 2. The van der Waals surface area contributed by atoms with Gasteiger partial charge in [-0.1, -0.05) is 70.5 Å². The van der Waals surface area contributed by atoms with E-state index in [4.69, 9.17) is 0 Å². The number of halogens is 1. The summed E-state index contributed by atoms with van der Waals surface area (Å²) in [6.07, 6.45) is 0.896. The summed E-state index contributed by atoms with van der Waals surface area (Å²) in [5.74, 6) is -2.10. The molecule has 146 valence electrons. The van der Waals surface area contributed by atoms with Crippen molar-refractivity contribution in [2.45, 2.75) is 11.3 Å². The van der Waals surface area contributed by atoms with Gasteiger partial charge in [0.1, 0.15) is 6.29 Å². The quantitative estimate of drug-likeness (QED) is 0.428. The van der Waals surface area contributed by atoms with E-state index in [0.717, 1.165) is 33.0 Å². The number of hydrogen-bond donors (Lipinski definition) is 0. The summed E-state index contributed by atoms with van der Waals surface area (Å²) >= 11 is 3.43. The number of imide groups is 1. The Kier molecular flexibility index (Phi) is 3.55. The van der Waals surface area contributed by atoms with Crippen LogP contribution in [0.1, 0.15) is 28.2 Å². The average Bonchev–Trinajstić information content (AvgIpc) is 3.05. The van der Waals surface area contributed by atoms with Gasteiger partial charge in [-0.15, -0.1) is 0 Å². The fraction of sp³-hybridized carbons (Fsp3) is 0.160. The summed E-state index contributed by atoms with van der Waals surface area (Å²) < 4.78 is 0.787. The van der Waals surface area contributed by atoms with Crippen molar-refractivity contribution in [3.8, 4) is 0 Å². The first-order valence-electron chi connectivity index (χ1n) is 9.88. The van der Waals surface area contributed by atoms with Gasteiger partial charge in [-0.05, 0) is 40.5 Å². The van der Waals surface area contributed by atoms with Crippen LogP contribution in [0.4, 0.5) is 5.69 Å². The molecular formula is C25H16BrNO3. The van der Waals surface area contributed by atoms with Crippen LogP contribution in [-0.4, -0.2) is 18.1 Å². The van der Waals surface area contributed by atoms with Gasteiger partial charge >= 0.3 is 0 Å². The fourth-order valence-corrected chi connectivity index (χ4v) is 6.29. The number of aldehydes is 1. The molecule has 0 radical (unpaired) electrons. The van der Waals surface area contributed by atoms with E-state index in [1.165, 1.54) is 4.90 Å². The maximum absolute atomic E-state index is 13.8. The van der Waals surface area contributed by atoms with E-state index >= 15 is 0 Å². The van der Waals surface area contributed by atoms with Crippen molar-refractivity contribution in [2.24, 2.45) is 11.8 Å². The summed E-state index contributed by atoms with van der Waals surface area (Å²) in [6.45, 7) is 0. The monoisotopic (exact) mass is 457 g/mol. The molecule has 1 fully saturated rings. The van der Waals surface area contributed by atoms with Crippen LogP contribution in [-0.2, 0) is 19.8 Å². The highest BCUT2D eigenvalue weighted by molar-refractivity contribution is 9.10. The van der Waals surface area contributed by atoms with E-state index in [1.54, 1.807) is 18.2 Å². The second-order valence-corrected chi connectivity index (χ2v) is 9.05. The smallest absolute Gasteiger partial charge is 0.239 e. The second kappa shape index (κ2) is 5.99. The number of hydrogen-bond acceptors (Lipinski definition) is 3. The molecule has 3 aromatic carbocycles. The molecule has 2 atom stereocenters. The molecule has 5 heteroatoms. The summed E-state index contributed by atoms with van der Waals surface area (Å²) in [5, 5.41) is 0. The summed E-state index contributed by atoms with van der Waals surface area (Å²) in [4.78, 5) is 41.6. The van der Waals surface area contributed by atoms with E-state index in [-0.39, 0.29) is 17.7 Å². The predicted molar refractivity (Wildman–Crippen MR) is 115 cm³/mol. The second-order valence-electron chi connectivity index (χ2n) is 8.13. The molecular weight excluding hydrogens is 442 g/mol. The number of benzene rings is 3. The number of rotatable bonds is 2. The lowest BCUT2D eigenvalue weighted by Crippen LogP contribution is -2.54. The molecule has 3 aromatic rings. The SMILES string of the molecule is O=CC12c3ccccc3C(c3ccccc31)[C@H]1C(=O)N(c3cccc(Br)c3)C(=O)[C@H]12. The molecule has 1 aliphatic heterocycles. The normalized spacial score (nSPS) is 28.2. The zero-order valence-electron chi connectivity index (χ0n) is 15.8. The molecule has 2 bridgehead atoms. The van der Waals surface area contributed by atoms with Crippen molar-refractivity contribution >= 4 is 39.7 Å². The predicted octanol–water partition coefficient (Wildman–Crippen LogP) is 4.20. The minimum atomic E-state index is -1.15. The molecule has 0 aromatic heterocycles. The number of nitrogens with zero attached hydrogens (tertiary/aromatic N) is 1. The van der Waals surface area contributed by atoms with Gasteiger partial charge in [-0.3, -0.25) is 9.59 Å². The van der Waals surface area contributed by atoms with Crippen LogP contribution >= 0.6 is 15.9 Å². The van der Waals surface area contributed by atoms with Crippen LogP contribution in [0, 0.1) is 11.8 Å². The highest BCUT2D eigenvalue weighted by atomic mass is 79.9. The summed E-state index contributed by atoms with van der Waals surface area (Å²) in [5.41, 5.74) is 3.02. The first-order valence-corrected chi connectivity index (χ1v) is 10.7. The Morgan fingerprint density at radius 3 is 2.07 bits per heavy atom. The lowest BCUT2D eigenvalue weighted by Gasteiger charge is -2.51. The topological polar surface area (TPSA) is 54.5 Å². The molecule has 0 unspecified atom stereocenters. The lowest BCUT2D eigenvalue weighted by atomic mass is 9.48. The minimum absolute atomic E-state index is 0.233. The Bertz CT molecular complexity index is 1220. The average molecular weight is 458 g/mol. The molecule has 0 N–H and O–H groups in total. The third-order valence-electron chi connectivity index (χ3n) is 6.94. The lowest BCUT2D eigenvalue weighted by molar-refractivity contribution is -0.128. The van der Waals surface area contributed by atoms with Gasteiger partial charge in [0.05, 0.1) is 22.9 Å². The van der Waals surface area contributed by atoms with Gasteiger partial charge in [-0.2, -0.15) is 0 Å². The fourth-order valence-electron chi connectivity index (χ4n) is 5.90. The van der Waals surface area contributed by atoms with Crippen LogP contribution in [0.2, 0.25) is 0 Å². The first kappa shape index (κ1) is 17.8. The van der Waals surface area contributed by atoms with E-state index in [0.29, 0.717) is 5.69 Å². The Balaban J connectivity index is 1.66. The summed E-state index contributed by atoms with van der Waals surface area (Å²) in [7, 11) is 0. The van der Waals surface area contributed by atoms with Crippen molar-refractivity contribution in [1.82, 2.24) is 0 Å². The van der Waals surface area contributed by atoms with Crippen molar-refractivity contribution in [3.63, 3.8) is 0 Å². The standard InChI is InChI=1S/C25H16BrNO3/c26-14-6-5-7-15(12-14)27-23(29)21-20-16-8-1-3-10-18(16)25(13-28,22(21)24(27)30)19-11-4-2-9-17(19)20/h1-13,20-22H/t20?,21-,22+,25?/m1/s1. The maximum atomic E-state index is 13.8. The van der Waals surface area contributed by atoms with Gasteiger partial charge in [0.2, 0.25) is 11.8 Å². The highest BCUT2D eigenvalue weighted by Crippen LogP contribution is 2.63. The highest BCUT2D eigenvalue weighted by Gasteiger charge is 2.68. The van der Waals surface area contributed by atoms with Gasteiger partial charge in [0, 0.05) is 10.4 Å². The molecule has 3 aliphatic carbocycles. The van der Waals surface area contributed by atoms with Crippen LogP contribution < -0.4 is 4.90 Å². The van der Waals surface area contributed by atoms with Gasteiger partial charge in [0.15, 0.2) is 0 Å². The molecule has 30 heavy (non-hydrogen) atoms. The van der Waals surface area contributed by atoms with Crippen molar-refractivity contribution in [3.05, 3.63) is 99.5 Å². The van der Waals surface area contributed by atoms with E-state index < -0.39 is 17.3 Å². The largest absolute Gasteiger partial charge is 0.302 e. The molecule has 1 heterocycles. The van der Waals surface area contributed by atoms with E-state index in [9.17, 15) is 14.4 Å². The third kappa shape index (κ3) is 1.94. The van der Waals surface area contributed by atoms with E-state index in [2.05, 4.69) is 15.9 Å². The number of carbonyl (C=O) groups is 3. The third-order valence-corrected chi connectivity index (χ3v) is 7.43. The molecule has 0 spiro atoms. The molecule has 7 rings (SSSR count). The van der Waals surface area contributed by atoms with Gasteiger partial charge in [-0.25, -0.2) is 4.90 Å². The zero-order chi connectivity index (χ0) is 20.6. The van der Waals surface area contributed by atoms with Crippen LogP contribution in [0.15, 0.2) is 77.3 Å².